The Balaban J connectivity index is 2.01. The van der Waals surface area contributed by atoms with Crippen molar-refractivity contribution in [3.05, 3.63) is 70.2 Å². The van der Waals surface area contributed by atoms with Crippen molar-refractivity contribution in [3.63, 3.8) is 0 Å². The van der Waals surface area contributed by atoms with E-state index in [-0.39, 0.29) is 12.5 Å². The van der Waals surface area contributed by atoms with E-state index in [0.717, 1.165) is 0 Å². The van der Waals surface area contributed by atoms with Gasteiger partial charge in [-0.15, -0.1) is 0 Å². The van der Waals surface area contributed by atoms with E-state index in [2.05, 4.69) is 5.32 Å². The number of rotatable bonds is 4. The summed E-state index contributed by atoms with van der Waals surface area (Å²) >= 11 is 5.98. The van der Waals surface area contributed by atoms with Crippen LogP contribution in [-0.2, 0) is 0 Å². The number of carbonyl (C=O) groups excluding carboxylic acids is 1. The predicted octanol–water partition coefficient (Wildman–Crippen LogP) is 2.68. The maximum absolute atomic E-state index is 12.0. The number of hydrogen-bond acceptors (Lipinski definition) is 3. The highest BCUT2D eigenvalue weighted by Crippen LogP contribution is 2.21. The normalized spacial score (nSPS) is 11.5. The van der Waals surface area contributed by atoms with Crippen LogP contribution in [0.2, 0.25) is 5.02 Å². The van der Waals surface area contributed by atoms with Crippen molar-refractivity contribution < 1.29 is 9.90 Å². The first kappa shape index (κ1) is 15.0. The molecule has 2 N–H and O–H groups in total. The molecule has 0 saturated heterocycles. The van der Waals surface area contributed by atoms with Gasteiger partial charge >= 0.3 is 0 Å². The number of halogens is 1. The van der Waals surface area contributed by atoms with Crippen LogP contribution in [0, 0.1) is 11.3 Å². The SMILES string of the molecule is N#Cc1cccc(C(=O)NCC(O)c2ccccc2Cl)c1. The minimum absolute atomic E-state index is 0.0410. The fraction of sp³-hybridized carbons (Fsp3) is 0.125. The molecule has 21 heavy (non-hydrogen) atoms. The van der Waals surface area contributed by atoms with E-state index < -0.39 is 6.10 Å². The Morgan fingerprint density at radius 1 is 1.29 bits per heavy atom. The van der Waals surface area contributed by atoms with Gasteiger partial charge in [-0.1, -0.05) is 35.9 Å². The molecule has 0 spiro atoms. The molecule has 0 fully saturated rings. The van der Waals surface area contributed by atoms with Gasteiger partial charge in [0.2, 0.25) is 0 Å². The Morgan fingerprint density at radius 2 is 2.05 bits per heavy atom. The lowest BCUT2D eigenvalue weighted by Crippen LogP contribution is -2.28. The first-order valence-corrected chi connectivity index (χ1v) is 6.70. The second-order valence-electron chi connectivity index (χ2n) is 4.44. The van der Waals surface area contributed by atoms with Crippen molar-refractivity contribution >= 4 is 17.5 Å². The van der Waals surface area contributed by atoms with Crippen molar-refractivity contribution in [1.82, 2.24) is 5.32 Å². The van der Waals surface area contributed by atoms with Gasteiger partial charge in [0.1, 0.15) is 0 Å². The predicted molar refractivity (Wildman–Crippen MR) is 79.9 cm³/mol. The molecular formula is C16H13ClN2O2. The molecular weight excluding hydrogens is 288 g/mol. The fourth-order valence-electron chi connectivity index (χ4n) is 1.88. The maximum atomic E-state index is 12.0. The maximum Gasteiger partial charge on any atom is 0.251 e. The molecule has 0 heterocycles. The molecule has 0 saturated carbocycles. The molecule has 1 amide bonds. The number of hydrogen-bond donors (Lipinski definition) is 2. The zero-order valence-corrected chi connectivity index (χ0v) is 11.8. The summed E-state index contributed by atoms with van der Waals surface area (Å²) in [4.78, 5) is 12.0. The van der Waals surface area contributed by atoms with Gasteiger partial charge in [0.25, 0.3) is 5.91 Å². The number of aliphatic hydroxyl groups is 1. The number of nitriles is 1. The Morgan fingerprint density at radius 3 is 2.76 bits per heavy atom. The van der Waals surface area contributed by atoms with Gasteiger partial charge in [-0.05, 0) is 24.3 Å². The molecule has 4 nitrogen and oxygen atoms in total. The molecule has 5 heteroatoms. The van der Waals surface area contributed by atoms with Gasteiger partial charge in [-0.3, -0.25) is 4.79 Å². The van der Waals surface area contributed by atoms with Crippen molar-refractivity contribution in [1.29, 1.82) is 5.26 Å². The standard InChI is InChI=1S/C16H13ClN2O2/c17-14-7-2-1-6-13(14)15(20)10-19-16(21)12-5-3-4-11(8-12)9-18/h1-8,15,20H,10H2,(H,19,21). The summed E-state index contributed by atoms with van der Waals surface area (Å²) in [5, 5.41) is 21.9. The zero-order chi connectivity index (χ0) is 15.2. The molecule has 0 radical (unpaired) electrons. The second-order valence-corrected chi connectivity index (χ2v) is 4.85. The Bertz CT molecular complexity index is 695. The van der Waals surface area contributed by atoms with Crippen LogP contribution in [-0.4, -0.2) is 17.6 Å². The highest BCUT2D eigenvalue weighted by atomic mass is 35.5. The summed E-state index contributed by atoms with van der Waals surface area (Å²) in [6.45, 7) is 0.0410. The van der Waals surface area contributed by atoms with E-state index in [0.29, 0.717) is 21.7 Å². The molecule has 106 valence electrons. The van der Waals surface area contributed by atoms with E-state index in [9.17, 15) is 9.90 Å². The summed E-state index contributed by atoms with van der Waals surface area (Å²) in [6.07, 6.45) is -0.887. The lowest BCUT2D eigenvalue weighted by atomic mass is 10.1. The van der Waals surface area contributed by atoms with Crippen molar-refractivity contribution in [2.24, 2.45) is 0 Å². The lowest BCUT2D eigenvalue weighted by Gasteiger charge is -2.13. The van der Waals surface area contributed by atoms with E-state index in [1.54, 1.807) is 42.5 Å². The van der Waals surface area contributed by atoms with Gasteiger partial charge in [-0.2, -0.15) is 5.26 Å². The summed E-state index contributed by atoms with van der Waals surface area (Å²) in [5.41, 5.74) is 1.35. The Kier molecular flexibility index (Phi) is 4.94. The molecule has 0 aliphatic rings. The third-order valence-electron chi connectivity index (χ3n) is 2.97. The van der Waals surface area contributed by atoms with E-state index in [4.69, 9.17) is 16.9 Å². The minimum atomic E-state index is -0.887. The topological polar surface area (TPSA) is 73.1 Å². The second kappa shape index (κ2) is 6.89. The van der Waals surface area contributed by atoms with Crippen LogP contribution in [0.25, 0.3) is 0 Å². The number of aliphatic hydroxyl groups excluding tert-OH is 1. The van der Waals surface area contributed by atoms with Crippen molar-refractivity contribution in [3.8, 4) is 6.07 Å². The largest absolute Gasteiger partial charge is 0.387 e. The summed E-state index contributed by atoms with van der Waals surface area (Å²) in [6, 6.07) is 15.3. The highest BCUT2D eigenvalue weighted by Gasteiger charge is 2.13. The van der Waals surface area contributed by atoms with Crippen LogP contribution < -0.4 is 5.32 Å². The van der Waals surface area contributed by atoms with Crippen molar-refractivity contribution in [2.75, 3.05) is 6.54 Å². The van der Waals surface area contributed by atoms with Crippen LogP contribution in [0.1, 0.15) is 27.6 Å². The van der Waals surface area contributed by atoms with Crippen LogP contribution >= 0.6 is 11.6 Å². The van der Waals surface area contributed by atoms with Crippen LogP contribution in [0.3, 0.4) is 0 Å². The van der Waals surface area contributed by atoms with E-state index >= 15 is 0 Å². The Labute approximate surface area is 127 Å². The number of benzene rings is 2. The summed E-state index contributed by atoms with van der Waals surface area (Å²) in [7, 11) is 0. The molecule has 2 aromatic rings. The fourth-order valence-corrected chi connectivity index (χ4v) is 2.14. The first-order chi connectivity index (χ1) is 10.1. The molecule has 1 unspecified atom stereocenters. The smallest absolute Gasteiger partial charge is 0.251 e. The van der Waals surface area contributed by atoms with Gasteiger partial charge in [0.15, 0.2) is 0 Å². The molecule has 2 aromatic carbocycles. The average Bonchev–Trinajstić information content (AvgIpc) is 2.52. The monoisotopic (exact) mass is 300 g/mol. The number of carbonyl (C=O) groups is 1. The molecule has 2 rings (SSSR count). The Hall–Kier alpha value is -2.35. The lowest BCUT2D eigenvalue weighted by molar-refractivity contribution is 0.0916. The summed E-state index contributed by atoms with van der Waals surface area (Å²) in [5.74, 6) is -0.349. The average molecular weight is 301 g/mol. The minimum Gasteiger partial charge on any atom is -0.387 e. The van der Waals surface area contributed by atoms with Crippen molar-refractivity contribution in [2.45, 2.75) is 6.10 Å². The van der Waals surface area contributed by atoms with Crippen LogP contribution in [0.4, 0.5) is 0 Å². The van der Waals surface area contributed by atoms with Gasteiger partial charge < -0.3 is 10.4 Å². The molecule has 0 aliphatic heterocycles. The molecule has 0 aromatic heterocycles. The van der Waals surface area contributed by atoms with Crippen LogP contribution in [0.5, 0.6) is 0 Å². The van der Waals surface area contributed by atoms with E-state index in [1.807, 2.05) is 6.07 Å². The number of nitrogens with one attached hydrogen (secondary N) is 1. The molecule has 0 bridgehead atoms. The molecule has 1 atom stereocenters. The zero-order valence-electron chi connectivity index (χ0n) is 11.1. The first-order valence-electron chi connectivity index (χ1n) is 6.32. The third-order valence-corrected chi connectivity index (χ3v) is 3.32. The van der Waals surface area contributed by atoms with Crippen LogP contribution in [0.15, 0.2) is 48.5 Å². The number of nitrogens with zero attached hydrogens (tertiary/aromatic N) is 1. The molecule has 0 aliphatic carbocycles. The number of amides is 1. The quantitative estimate of drug-likeness (QED) is 0.911. The van der Waals surface area contributed by atoms with Gasteiger partial charge in [0, 0.05) is 22.7 Å². The third kappa shape index (κ3) is 3.82. The van der Waals surface area contributed by atoms with Gasteiger partial charge in [0.05, 0.1) is 17.7 Å². The van der Waals surface area contributed by atoms with E-state index in [1.165, 1.54) is 6.07 Å². The summed E-state index contributed by atoms with van der Waals surface area (Å²) < 4.78 is 0. The highest BCUT2D eigenvalue weighted by molar-refractivity contribution is 6.31. The van der Waals surface area contributed by atoms with Gasteiger partial charge in [-0.25, -0.2) is 0 Å².